The van der Waals surface area contributed by atoms with E-state index < -0.39 is 24.2 Å². The Bertz CT molecular complexity index is 265. The molecule has 0 heterocycles. The van der Waals surface area contributed by atoms with Gasteiger partial charge in [0.05, 0.1) is 0 Å². The first-order valence-corrected chi connectivity index (χ1v) is 3.69. The van der Waals surface area contributed by atoms with Crippen molar-refractivity contribution >= 4 is 18.0 Å². The van der Waals surface area contributed by atoms with Crippen LogP contribution >= 0.6 is 0 Å². The number of hydrazine groups is 2. The van der Waals surface area contributed by atoms with Crippen LogP contribution in [-0.2, 0) is 4.79 Å². The first-order chi connectivity index (χ1) is 7.65. The lowest BCUT2D eigenvalue weighted by atomic mass is 10.7. The minimum atomic E-state index is -5.08. The quantitative estimate of drug-likeness (QED) is 0.181. The molecule has 0 rings (SSSR count). The monoisotopic (exact) mass is 261 g/mol. The Morgan fingerprint density at radius 1 is 1.12 bits per heavy atom. The number of halogens is 3. The van der Waals surface area contributed by atoms with Gasteiger partial charge < -0.3 is 10.4 Å². The van der Waals surface area contributed by atoms with Crippen LogP contribution in [0.25, 0.3) is 0 Å². The third kappa shape index (κ3) is 11.7. The number of rotatable bonds is 0. The van der Waals surface area contributed by atoms with Crippen molar-refractivity contribution in [1.82, 2.24) is 21.6 Å². The molecule has 0 saturated heterocycles. The number of carboxylic acids is 1. The fourth-order valence-corrected chi connectivity index (χ4v) is 0.212. The van der Waals surface area contributed by atoms with Gasteiger partial charge in [-0.2, -0.15) is 13.2 Å². The molecular weight excluding hydrogens is 251 g/mol. The predicted octanol–water partition coefficient (Wildman–Crippen LogP) is -1.36. The number of aliphatic carboxylic acids is 1. The average molecular weight is 261 g/mol. The molecule has 0 fully saturated rings. The Labute approximate surface area is 92.5 Å². The number of amides is 4. The minimum Gasteiger partial charge on any atom is -0.475 e. The van der Waals surface area contributed by atoms with E-state index in [-0.39, 0.29) is 0 Å². The average Bonchev–Trinajstić information content (AvgIpc) is 2.24. The van der Waals surface area contributed by atoms with Crippen LogP contribution in [-0.4, -0.2) is 36.4 Å². The van der Waals surface area contributed by atoms with Gasteiger partial charge in [0, 0.05) is 7.05 Å². The lowest BCUT2D eigenvalue weighted by Crippen LogP contribution is -2.51. The number of nitrogens with one attached hydrogen (secondary N) is 4. The number of alkyl halides is 3. The molecule has 0 aliphatic carbocycles. The second-order valence-electron chi connectivity index (χ2n) is 2.11. The van der Waals surface area contributed by atoms with Gasteiger partial charge in [-0.25, -0.2) is 31.1 Å². The first kappa shape index (κ1) is 17.2. The van der Waals surface area contributed by atoms with E-state index in [9.17, 15) is 22.8 Å². The summed E-state index contributed by atoms with van der Waals surface area (Å²) < 4.78 is 31.7. The van der Waals surface area contributed by atoms with Crippen molar-refractivity contribution in [2.24, 2.45) is 5.84 Å². The molecule has 0 radical (unpaired) electrons. The molecule has 4 amide bonds. The van der Waals surface area contributed by atoms with E-state index in [0.717, 1.165) is 0 Å². The second-order valence-corrected chi connectivity index (χ2v) is 2.11. The molecule has 0 atom stereocenters. The van der Waals surface area contributed by atoms with E-state index in [1.165, 1.54) is 7.05 Å². The summed E-state index contributed by atoms with van der Waals surface area (Å²) in [6.07, 6.45) is -5.08. The highest BCUT2D eigenvalue weighted by atomic mass is 19.4. The van der Waals surface area contributed by atoms with Crippen molar-refractivity contribution in [3.8, 4) is 0 Å². The van der Waals surface area contributed by atoms with Gasteiger partial charge in [0.25, 0.3) is 0 Å². The van der Waals surface area contributed by atoms with Gasteiger partial charge in [-0.1, -0.05) is 0 Å². The first-order valence-electron chi connectivity index (χ1n) is 3.69. The Morgan fingerprint density at radius 2 is 1.47 bits per heavy atom. The maximum Gasteiger partial charge on any atom is 0.490 e. The number of urea groups is 2. The van der Waals surface area contributed by atoms with Gasteiger partial charge in [0.15, 0.2) is 0 Å². The van der Waals surface area contributed by atoms with Crippen molar-refractivity contribution in [2.45, 2.75) is 6.18 Å². The smallest absolute Gasteiger partial charge is 0.475 e. The number of nitrogens with two attached hydrogens (primary N) is 1. The molecule has 7 N–H and O–H groups in total. The summed E-state index contributed by atoms with van der Waals surface area (Å²) in [5, 5.41) is 9.34. The number of hydrogen-bond donors (Lipinski definition) is 6. The highest BCUT2D eigenvalue weighted by molar-refractivity contribution is 5.79. The van der Waals surface area contributed by atoms with Crippen LogP contribution in [0.15, 0.2) is 0 Å². The Balaban J connectivity index is 0. The number of carboxylic acid groups (broad SMARTS) is 1. The van der Waals surface area contributed by atoms with Crippen LogP contribution in [0.3, 0.4) is 0 Å². The molecule has 0 aliphatic rings. The molecule has 0 saturated carbocycles. The third-order valence-corrected chi connectivity index (χ3v) is 0.890. The topological polar surface area (TPSA) is 146 Å². The zero-order valence-corrected chi connectivity index (χ0v) is 8.38. The minimum absolute atomic E-state index is 0.524. The molecule has 0 bridgehead atoms. The van der Waals surface area contributed by atoms with E-state index in [1.54, 1.807) is 5.43 Å². The Morgan fingerprint density at radius 3 is 1.71 bits per heavy atom. The third-order valence-electron chi connectivity index (χ3n) is 0.890. The molecule has 12 heteroatoms. The van der Waals surface area contributed by atoms with E-state index in [0.29, 0.717) is 0 Å². The largest absolute Gasteiger partial charge is 0.490 e. The summed E-state index contributed by atoms with van der Waals surface area (Å²) in [6.45, 7) is 0. The number of carbonyl (C=O) groups excluding carboxylic acids is 2. The van der Waals surface area contributed by atoms with Crippen LogP contribution in [0.4, 0.5) is 22.8 Å². The fourth-order valence-electron chi connectivity index (χ4n) is 0.212. The summed E-state index contributed by atoms with van der Waals surface area (Å²) in [6, 6.07) is -1.22. The van der Waals surface area contributed by atoms with Gasteiger partial charge in [-0.05, 0) is 0 Å². The van der Waals surface area contributed by atoms with E-state index in [2.05, 4.69) is 11.2 Å². The summed E-state index contributed by atoms with van der Waals surface area (Å²) in [5.74, 6) is 1.91. The van der Waals surface area contributed by atoms with Crippen molar-refractivity contribution in [3.05, 3.63) is 0 Å². The fraction of sp³-hybridized carbons (Fsp3) is 0.400. The molecule has 100 valence electrons. The van der Waals surface area contributed by atoms with E-state index >= 15 is 0 Å². The van der Waals surface area contributed by atoms with E-state index in [4.69, 9.17) is 9.90 Å². The SMILES string of the molecule is CNC(=O)NNC(=O)NN.O=C(O)C(F)(F)F. The molecular formula is C5H10F3N5O4. The second kappa shape index (κ2) is 7.98. The highest BCUT2D eigenvalue weighted by Crippen LogP contribution is 2.13. The maximum atomic E-state index is 10.6. The van der Waals surface area contributed by atoms with Crippen LogP contribution in [0, 0.1) is 0 Å². The number of carbonyl (C=O) groups is 3. The Hall–Kier alpha value is -2.24. The number of hydrogen-bond acceptors (Lipinski definition) is 4. The zero-order valence-electron chi connectivity index (χ0n) is 8.38. The highest BCUT2D eigenvalue weighted by Gasteiger charge is 2.38. The van der Waals surface area contributed by atoms with E-state index in [1.807, 2.05) is 10.9 Å². The van der Waals surface area contributed by atoms with Crippen molar-refractivity contribution < 1.29 is 32.7 Å². The standard InChI is InChI=1S/C3H9N5O2.C2HF3O2/c1-5-2(9)7-8-3(10)6-4;3-2(4,5)1(6)7/h4H2,1H3,(H2,5,7,9)(H2,6,8,10);(H,6,7). The molecule has 0 aromatic rings. The Kier molecular flexibility index (Phi) is 8.05. The zero-order chi connectivity index (χ0) is 14.1. The van der Waals surface area contributed by atoms with Gasteiger partial charge in [-0.15, -0.1) is 0 Å². The molecule has 0 spiro atoms. The van der Waals surface area contributed by atoms with Gasteiger partial charge in [0.2, 0.25) is 0 Å². The van der Waals surface area contributed by atoms with Crippen LogP contribution in [0.5, 0.6) is 0 Å². The molecule has 0 aromatic heterocycles. The summed E-state index contributed by atoms with van der Waals surface area (Å²) in [5.41, 5.74) is 5.69. The summed E-state index contributed by atoms with van der Waals surface area (Å²) in [7, 11) is 1.41. The van der Waals surface area contributed by atoms with Gasteiger partial charge in [-0.3, -0.25) is 5.43 Å². The van der Waals surface area contributed by atoms with Crippen LogP contribution in [0.2, 0.25) is 0 Å². The van der Waals surface area contributed by atoms with Crippen LogP contribution in [0.1, 0.15) is 0 Å². The molecule has 17 heavy (non-hydrogen) atoms. The van der Waals surface area contributed by atoms with Crippen molar-refractivity contribution in [3.63, 3.8) is 0 Å². The predicted molar refractivity (Wildman–Crippen MR) is 47.1 cm³/mol. The maximum absolute atomic E-state index is 10.6. The van der Waals surface area contributed by atoms with Gasteiger partial charge >= 0.3 is 24.2 Å². The normalized spacial score (nSPS) is 9.24. The molecule has 9 nitrogen and oxygen atoms in total. The van der Waals surface area contributed by atoms with Gasteiger partial charge in [0.1, 0.15) is 0 Å². The summed E-state index contributed by atoms with van der Waals surface area (Å²) >= 11 is 0. The summed E-state index contributed by atoms with van der Waals surface area (Å²) in [4.78, 5) is 29.5. The molecule has 0 unspecified atom stereocenters. The molecule has 0 aromatic carbocycles. The lowest BCUT2D eigenvalue weighted by Gasteiger charge is -2.04. The lowest BCUT2D eigenvalue weighted by molar-refractivity contribution is -0.192. The van der Waals surface area contributed by atoms with Crippen molar-refractivity contribution in [2.75, 3.05) is 7.05 Å². The van der Waals surface area contributed by atoms with Crippen molar-refractivity contribution in [1.29, 1.82) is 0 Å². The molecule has 0 aliphatic heterocycles. The van der Waals surface area contributed by atoms with Crippen LogP contribution < -0.4 is 27.4 Å².